The lowest BCUT2D eigenvalue weighted by molar-refractivity contribution is 0.0954. The SMILES string of the molecule is O=C(NC[C@H]1CO1)c1cccs1. The summed E-state index contributed by atoms with van der Waals surface area (Å²) in [5.74, 6) is 0.000463. The van der Waals surface area contributed by atoms with E-state index in [0.717, 1.165) is 11.5 Å². The molecule has 2 heterocycles. The minimum absolute atomic E-state index is 0.000463. The molecule has 1 fully saturated rings. The van der Waals surface area contributed by atoms with Gasteiger partial charge in [-0.3, -0.25) is 4.79 Å². The molecule has 0 saturated carbocycles. The molecule has 1 aromatic heterocycles. The van der Waals surface area contributed by atoms with Crippen LogP contribution in [0.5, 0.6) is 0 Å². The maximum atomic E-state index is 11.3. The number of hydrogen-bond acceptors (Lipinski definition) is 3. The summed E-state index contributed by atoms with van der Waals surface area (Å²) < 4.78 is 4.96. The Bertz CT molecular complexity index is 267. The van der Waals surface area contributed by atoms with Gasteiger partial charge in [-0.2, -0.15) is 0 Å². The van der Waals surface area contributed by atoms with E-state index in [1.807, 2.05) is 17.5 Å². The van der Waals surface area contributed by atoms with Gasteiger partial charge in [0, 0.05) is 6.54 Å². The Hall–Kier alpha value is -0.870. The summed E-state index contributed by atoms with van der Waals surface area (Å²) in [6.45, 7) is 1.42. The van der Waals surface area contributed by atoms with Gasteiger partial charge >= 0.3 is 0 Å². The summed E-state index contributed by atoms with van der Waals surface area (Å²) in [6.07, 6.45) is 0.258. The standard InChI is InChI=1S/C8H9NO2S/c10-8(7-2-1-3-12-7)9-4-6-5-11-6/h1-3,6H,4-5H2,(H,9,10)/t6-/m0/s1. The fourth-order valence-electron chi connectivity index (χ4n) is 0.887. The molecule has 12 heavy (non-hydrogen) atoms. The Morgan fingerprint density at radius 1 is 1.83 bits per heavy atom. The molecule has 1 aromatic rings. The van der Waals surface area contributed by atoms with E-state index in [9.17, 15) is 4.79 Å². The highest BCUT2D eigenvalue weighted by Gasteiger charge is 2.22. The minimum atomic E-state index is 0.000463. The molecule has 1 saturated heterocycles. The highest BCUT2D eigenvalue weighted by atomic mass is 32.1. The van der Waals surface area contributed by atoms with E-state index >= 15 is 0 Å². The molecule has 3 nitrogen and oxygen atoms in total. The Balaban J connectivity index is 1.83. The lowest BCUT2D eigenvalue weighted by atomic mass is 10.4. The van der Waals surface area contributed by atoms with Gasteiger partial charge in [0.05, 0.1) is 17.6 Å². The van der Waals surface area contributed by atoms with Gasteiger partial charge in [-0.1, -0.05) is 6.07 Å². The highest BCUT2D eigenvalue weighted by Crippen LogP contribution is 2.10. The van der Waals surface area contributed by atoms with E-state index in [1.54, 1.807) is 0 Å². The van der Waals surface area contributed by atoms with Crippen LogP contribution in [-0.2, 0) is 4.74 Å². The van der Waals surface area contributed by atoms with Gasteiger partial charge < -0.3 is 10.1 Å². The summed E-state index contributed by atoms with van der Waals surface area (Å²) in [5, 5.41) is 4.68. The Labute approximate surface area is 74.4 Å². The Morgan fingerprint density at radius 2 is 2.67 bits per heavy atom. The van der Waals surface area contributed by atoms with Gasteiger partial charge in [-0.25, -0.2) is 0 Å². The van der Waals surface area contributed by atoms with Crippen molar-refractivity contribution in [2.45, 2.75) is 6.10 Å². The first-order chi connectivity index (χ1) is 5.86. The summed E-state index contributed by atoms with van der Waals surface area (Å²) in [6, 6.07) is 3.68. The third kappa shape index (κ3) is 1.84. The van der Waals surface area contributed by atoms with Crippen LogP contribution in [0.25, 0.3) is 0 Å². The van der Waals surface area contributed by atoms with Gasteiger partial charge in [-0.05, 0) is 11.4 Å². The third-order valence-electron chi connectivity index (χ3n) is 1.64. The first-order valence-electron chi connectivity index (χ1n) is 3.79. The molecule has 1 aliphatic heterocycles. The normalized spacial score (nSPS) is 20.5. The van der Waals surface area contributed by atoms with Crippen LogP contribution in [0, 0.1) is 0 Å². The van der Waals surface area contributed by atoms with Gasteiger partial charge in [0.25, 0.3) is 5.91 Å². The van der Waals surface area contributed by atoms with E-state index in [-0.39, 0.29) is 12.0 Å². The van der Waals surface area contributed by atoms with Crippen molar-refractivity contribution >= 4 is 17.2 Å². The van der Waals surface area contributed by atoms with Gasteiger partial charge in [0.2, 0.25) is 0 Å². The molecule has 1 amide bonds. The number of thiophene rings is 1. The largest absolute Gasteiger partial charge is 0.371 e. The number of epoxide rings is 1. The van der Waals surface area contributed by atoms with Gasteiger partial charge in [0.1, 0.15) is 0 Å². The number of hydrogen-bond donors (Lipinski definition) is 1. The first-order valence-corrected chi connectivity index (χ1v) is 4.67. The molecule has 0 unspecified atom stereocenters. The number of nitrogens with one attached hydrogen (secondary N) is 1. The quantitative estimate of drug-likeness (QED) is 0.707. The fourth-order valence-corrected chi connectivity index (χ4v) is 1.53. The lowest BCUT2D eigenvalue weighted by Crippen LogP contribution is -2.26. The zero-order valence-electron chi connectivity index (χ0n) is 6.45. The van der Waals surface area contributed by atoms with Crippen LogP contribution in [0.3, 0.4) is 0 Å². The van der Waals surface area contributed by atoms with Gasteiger partial charge in [0.15, 0.2) is 0 Å². The van der Waals surface area contributed by atoms with Crippen molar-refractivity contribution in [1.29, 1.82) is 0 Å². The maximum absolute atomic E-state index is 11.3. The smallest absolute Gasteiger partial charge is 0.261 e. The van der Waals surface area contributed by atoms with Crippen molar-refractivity contribution < 1.29 is 9.53 Å². The van der Waals surface area contributed by atoms with Crippen LogP contribution >= 0.6 is 11.3 Å². The molecule has 0 bridgehead atoms. The lowest BCUT2D eigenvalue weighted by Gasteiger charge is -1.98. The highest BCUT2D eigenvalue weighted by molar-refractivity contribution is 7.12. The second-order valence-corrected chi connectivity index (χ2v) is 3.59. The zero-order valence-corrected chi connectivity index (χ0v) is 7.26. The van der Waals surface area contributed by atoms with Crippen molar-refractivity contribution in [3.8, 4) is 0 Å². The number of carbonyl (C=O) groups is 1. The van der Waals surface area contributed by atoms with Crippen LogP contribution in [0.15, 0.2) is 17.5 Å². The summed E-state index contributed by atoms with van der Waals surface area (Å²) in [4.78, 5) is 12.0. The van der Waals surface area contributed by atoms with E-state index in [4.69, 9.17) is 4.74 Å². The van der Waals surface area contributed by atoms with Crippen molar-refractivity contribution in [2.24, 2.45) is 0 Å². The van der Waals surface area contributed by atoms with Crippen LogP contribution in [0.1, 0.15) is 9.67 Å². The molecule has 0 radical (unpaired) electrons. The molecular formula is C8H9NO2S. The summed E-state index contributed by atoms with van der Waals surface area (Å²) >= 11 is 1.45. The van der Waals surface area contributed by atoms with E-state index in [1.165, 1.54) is 11.3 Å². The van der Waals surface area contributed by atoms with E-state index < -0.39 is 0 Å². The van der Waals surface area contributed by atoms with Crippen molar-refractivity contribution in [1.82, 2.24) is 5.32 Å². The number of carbonyl (C=O) groups excluding carboxylic acids is 1. The second-order valence-electron chi connectivity index (χ2n) is 2.64. The average molecular weight is 183 g/mol. The molecule has 64 valence electrons. The predicted molar refractivity (Wildman–Crippen MR) is 46.4 cm³/mol. The summed E-state index contributed by atoms with van der Waals surface area (Å²) in [7, 11) is 0. The number of rotatable bonds is 3. The molecular weight excluding hydrogens is 174 g/mol. The molecule has 4 heteroatoms. The molecule has 0 aliphatic carbocycles. The molecule has 1 atom stereocenters. The number of ether oxygens (including phenoxy) is 1. The van der Waals surface area contributed by atoms with Crippen LogP contribution < -0.4 is 5.32 Å². The second kappa shape index (κ2) is 3.25. The van der Waals surface area contributed by atoms with Gasteiger partial charge in [-0.15, -0.1) is 11.3 Å². The molecule has 0 aromatic carbocycles. The summed E-state index contributed by atoms with van der Waals surface area (Å²) in [5.41, 5.74) is 0. The average Bonchev–Trinajstić information content (AvgIpc) is 2.74. The molecule has 2 rings (SSSR count). The monoisotopic (exact) mass is 183 g/mol. The van der Waals surface area contributed by atoms with Crippen LogP contribution in [-0.4, -0.2) is 25.2 Å². The third-order valence-corrected chi connectivity index (χ3v) is 2.51. The topological polar surface area (TPSA) is 41.6 Å². The van der Waals surface area contributed by atoms with Crippen LogP contribution in [0.4, 0.5) is 0 Å². The van der Waals surface area contributed by atoms with Crippen LogP contribution in [0.2, 0.25) is 0 Å². The van der Waals surface area contributed by atoms with Crippen molar-refractivity contribution in [2.75, 3.05) is 13.2 Å². The minimum Gasteiger partial charge on any atom is -0.371 e. The Morgan fingerprint density at radius 3 is 3.25 bits per heavy atom. The maximum Gasteiger partial charge on any atom is 0.261 e. The fraction of sp³-hybridized carbons (Fsp3) is 0.375. The molecule has 1 N–H and O–H groups in total. The predicted octanol–water partition coefficient (Wildman–Crippen LogP) is 0.877. The van der Waals surface area contributed by atoms with E-state index in [0.29, 0.717) is 6.54 Å². The Kier molecular flexibility index (Phi) is 2.10. The number of amides is 1. The first kappa shape index (κ1) is 7.76. The molecule has 0 spiro atoms. The molecule has 1 aliphatic rings. The van der Waals surface area contributed by atoms with Crippen molar-refractivity contribution in [3.63, 3.8) is 0 Å². The van der Waals surface area contributed by atoms with E-state index in [2.05, 4.69) is 5.32 Å². The zero-order chi connectivity index (χ0) is 8.39. The van der Waals surface area contributed by atoms with Crippen molar-refractivity contribution in [3.05, 3.63) is 22.4 Å².